The van der Waals surface area contributed by atoms with Crippen molar-refractivity contribution < 1.29 is 37.9 Å². The Morgan fingerprint density at radius 1 is 0.755 bits per heavy atom. The van der Waals surface area contributed by atoms with Crippen LogP contribution in [0.15, 0.2) is 60.7 Å². The van der Waals surface area contributed by atoms with E-state index in [0.29, 0.717) is 53.3 Å². The van der Waals surface area contributed by atoms with E-state index >= 15 is 0 Å². The highest BCUT2D eigenvalue weighted by Gasteiger charge is 2.40. The van der Waals surface area contributed by atoms with Crippen LogP contribution in [0.1, 0.15) is 108 Å². The first-order valence-corrected chi connectivity index (χ1v) is 19.6. The lowest BCUT2D eigenvalue weighted by Crippen LogP contribution is -2.55. The Morgan fingerprint density at radius 3 is 1.83 bits per heavy atom. The molecule has 0 fully saturated rings. The summed E-state index contributed by atoms with van der Waals surface area (Å²) in [5, 5.41) is 6.85. The van der Waals surface area contributed by atoms with E-state index in [0.717, 1.165) is 10.3 Å². The highest BCUT2D eigenvalue weighted by atomic mass is 31.1. The smallest absolute Gasteiger partial charge is 0.263 e. The summed E-state index contributed by atoms with van der Waals surface area (Å²) in [4.78, 5) is 82.0. The van der Waals surface area contributed by atoms with E-state index in [4.69, 9.17) is 4.52 Å². The predicted octanol–water partition coefficient (Wildman–Crippen LogP) is 6.05. The standard InChI is InChI=1S/C40H49N4O8P/c1-24(2)22-30(34(45)42-33(35(46)41-6)40(3,4)5)31(20-8-7-11-21-43-36(47)26-16-9-10-17-27(26)37(43)48)53(51)52-23-44-38(49)28-18-12-14-25-15-13-19-29(32(25)28)39(44)50/h9-10,12-19,24,30-31,33,53H,7-8,11,20-23H2,1-6H3,(H,41,46)(H,42,45)/t30?,31?,33-/m1/s1. The lowest BCUT2D eigenvalue weighted by molar-refractivity contribution is -0.133. The van der Waals surface area contributed by atoms with Crippen molar-refractivity contribution in [2.45, 2.75) is 78.4 Å². The third-order valence-corrected chi connectivity index (χ3v) is 11.7. The number of nitrogens with zero attached hydrogens (tertiary/aromatic N) is 2. The van der Waals surface area contributed by atoms with Gasteiger partial charge < -0.3 is 15.2 Å². The fourth-order valence-corrected chi connectivity index (χ4v) is 8.73. The van der Waals surface area contributed by atoms with Crippen LogP contribution in [0.2, 0.25) is 0 Å². The Kier molecular flexibility index (Phi) is 12.4. The van der Waals surface area contributed by atoms with E-state index in [1.165, 1.54) is 11.9 Å². The third-order valence-electron chi connectivity index (χ3n) is 9.98. The Hall–Kier alpha value is -4.67. The van der Waals surface area contributed by atoms with Crippen LogP contribution in [0, 0.1) is 17.3 Å². The number of unbranched alkanes of at least 4 members (excludes halogenated alkanes) is 2. The number of likely N-dealkylation sites (N-methyl/N-ethyl adjacent to an activating group) is 1. The first-order chi connectivity index (χ1) is 25.1. The number of carbonyl (C=O) groups excluding carboxylic acids is 6. The van der Waals surface area contributed by atoms with Crippen LogP contribution < -0.4 is 10.6 Å². The van der Waals surface area contributed by atoms with Gasteiger partial charge in [-0.25, -0.2) is 4.90 Å². The predicted molar refractivity (Wildman–Crippen MR) is 202 cm³/mol. The molecule has 0 bridgehead atoms. The highest BCUT2D eigenvalue weighted by molar-refractivity contribution is 7.40. The number of hydrogen-bond donors (Lipinski definition) is 2. The molecule has 0 spiro atoms. The molecule has 0 saturated carbocycles. The molecule has 0 aromatic heterocycles. The summed E-state index contributed by atoms with van der Waals surface area (Å²) in [5.41, 5.74) is 0.00928. The van der Waals surface area contributed by atoms with Gasteiger partial charge in [0.1, 0.15) is 12.8 Å². The number of amides is 6. The van der Waals surface area contributed by atoms with Crippen LogP contribution in [0.5, 0.6) is 0 Å². The van der Waals surface area contributed by atoms with Gasteiger partial charge in [-0.3, -0.25) is 38.2 Å². The van der Waals surface area contributed by atoms with Crippen molar-refractivity contribution in [3.05, 3.63) is 82.9 Å². The summed E-state index contributed by atoms with van der Waals surface area (Å²) in [7, 11) is -1.62. The molecule has 3 unspecified atom stereocenters. The Labute approximate surface area is 310 Å². The number of rotatable bonds is 16. The molecular weight excluding hydrogens is 695 g/mol. The zero-order valence-electron chi connectivity index (χ0n) is 31.2. The lowest BCUT2D eigenvalue weighted by Gasteiger charge is -2.34. The third kappa shape index (κ3) is 8.44. The Morgan fingerprint density at radius 2 is 1.30 bits per heavy atom. The molecule has 282 valence electrons. The molecule has 0 aliphatic carbocycles. The molecule has 6 amide bonds. The first kappa shape index (κ1) is 39.5. The van der Waals surface area contributed by atoms with Gasteiger partial charge in [0.05, 0.1) is 11.1 Å². The second-order valence-corrected chi connectivity index (χ2v) is 16.9. The highest BCUT2D eigenvalue weighted by Crippen LogP contribution is 2.42. The SMILES string of the molecule is CNC(=O)[C@@H](NC(=O)C(CC(C)C)C(CCCCCN1C(=O)c2ccccc2C1=O)[PH](=O)OCN1C(=O)c2cccc3cccc(c23)C1=O)C(C)(C)C. The van der Waals surface area contributed by atoms with Crippen molar-refractivity contribution in [3.63, 3.8) is 0 Å². The second-order valence-electron chi connectivity index (χ2n) is 15.3. The fourth-order valence-electron chi connectivity index (χ4n) is 7.20. The zero-order valence-corrected chi connectivity index (χ0v) is 32.2. The Bertz CT molecular complexity index is 1870. The minimum atomic E-state index is -3.12. The maximum absolute atomic E-state index is 14.3. The number of imide groups is 2. The van der Waals surface area contributed by atoms with Gasteiger partial charge in [0, 0.05) is 41.7 Å². The van der Waals surface area contributed by atoms with E-state index in [1.807, 2.05) is 46.8 Å². The molecule has 2 heterocycles. The van der Waals surface area contributed by atoms with Crippen molar-refractivity contribution in [1.82, 2.24) is 20.4 Å². The van der Waals surface area contributed by atoms with Crippen molar-refractivity contribution in [2.24, 2.45) is 17.3 Å². The van der Waals surface area contributed by atoms with Gasteiger partial charge in [0.15, 0.2) is 8.03 Å². The van der Waals surface area contributed by atoms with Crippen molar-refractivity contribution in [3.8, 4) is 0 Å². The van der Waals surface area contributed by atoms with E-state index in [1.54, 1.807) is 48.5 Å². The van der Waals surface area contributed by atoms with Crippen LogP contribution in [0.3, 0.4) is 0 Å². The van der Waals surface area contributed by atoms with Crippen LogP contribution in [-0.2, 0) is 18.7 Å². The number of carbonyl (C=O) groups is 6. The molecule has 0 radical (unpaired) electrons. The summed E-state index contributed by atoms with van der Waals surface area (Å²) in [6.45, 7) is 9.07. The maximum Gasteiger partial charge on any atom is 0.263 e. The van der Waals surface area contributed by atoms with Crippen LogP contribution in [0.4, 0.5) is 0 Å². The molecule has 2 aliphatic heterocycles. The molecule has 0 saturated heterocycles. The van der Waals surface area contributed by atoms with Gasteiger partial charge in [-0.1, -0.05) is 83.9 Å². The number of benzene rings is 3. The van der Waals surface area contributed by atoms with Gasteiger partial charge in [-0.15, -0.1) is 0 Å². The number of hydrogen-bond acceptors (Lipinski definition) is 8. The summed E-state index contributed by atoms with van der Waals surface area (Å²) in [6, 6.07) is 16.2. The first-order valence-electron chi connectivity index (χ1n) is 18.2. The van der Waals surface area contributed by atoms with Gasteiger partial charge in [-0.05, 0) is 60.2 Å². The summed E-state index contributed by atoms with van der Waals surface area (Å²) in [6.07, 6.45) is 2.17. The minimum Gasteiger partial charge on any atom is -0.357 e. The lowest BCUT2D eigenvalue weighted by atomic mass is 9.84. The molecule has 13 heteroatoms. The average molecular weight is 745 g/mol. The molecule has 53 heavy (non-hydrogen) atoms. The van der Waals surface area contributed by atoms with E-state index in [2.05, 4.69) is 10.6 Å². The van der Waals surface area contributed by atoms with Gasteiger partial charge in [0.25, 0.3) is 23.6 Å². The number of fused-ring (bicyclic) bond motifs is 1. The second kappa shape index (κ2) is 16.6. The molecule has 2 aliphatic rings. The molecule has 3 aromatic carbocycles. The van der Waals surface area contributed by atoms with E-state index in [-0.39, 0.29) is 36.6 Å². The summed E-state index contributed by atoms with van der Waals surface area (Å²) in [5.74, 6) is -3.41. The van der Waals surface area contributed by atoms with Gasteiger partial charge in [-0.2, -0.15) is 0 Å². The quantitative estimate of drug-likeness (QED) is 0.102. The van der Waals surface area contributed by atoms with Crippen molar-refractivity contribution >= 4 is 54.2 Å². The monoisotopic (exact) mass is 744 g/mol. The topological polar surface area (TPSA) is 159 Å². The molecule has 2 N–H and O–H groups in total. The summed E-state index contributed by atoms with van der Waals surface area (Å²) < 4.78 is 20.2. The van der Waals surface area contributed by atoms with E-state index in [9.17, 15) is 33.3 Å². The zero-order chi connectivity index (χ0) is 38.6. The summed E-state index contributed by atoms with van der Waals surface area (Å²) >= 11 is 0. The maximum atomic E-state index is 14.3. The van der Waals surface area contributed by atoms with Crippen LogP contribution >= 0.6 is 8.03 Å². The van der Waals surface area contributed by atoms with Crippen molar-refractivity contribution in [1.29, 1.82) is 0 Å². The van der Waals surface area contributed by atoms with Crippen LogP contribution in [-0.4, -0.2) is 77.3 Å². The molecule has 4 atom stereocenters. The van der Waals surface area contributed by atoms with Gasteiger partial charge in [0.2, 0.25) is 11.8 Å². The van der Waals surface area contributed by atoms with Crippen molar-refractivity contribution in [2.75, 3.05) is 20.3 Å². The number of nitrogens with one attached hydrogen (secondary N) is 2. The largest absolute Gasteiger partial charge is 0.357 e. The molecule has 3 aromatic rings. The minimum absolute atomic E-state index is 0.00667. The van der Waals surface area contributed by atoms with Gasteiger partial charge >= 0.3 is 0 Å². The normalized spacial score (nSPS) is 16.5. The molecule has 12 nitrogen and oxygen atoms in total. The average Bonchev–Trinajstić information content (AvgIpc) is 3.37. The molecular formula is C40H49N4O8P. The van der Waals surface area contributed by atoms with Crippen LogP contribution in [0.25, 0.3) is 10.8 Å². The van der Waals surface area contributed by atoms with E-state index < -0.39 is 55.5 Å². The fraction of sp³-hybridized carbons (Fsp3) is 0.450. The Balaban J connectivity index is 1.33. The molecule has 5 rings (SSSR count).